The number of benzene rings is 1. The third kappa shape index (κ3) is 3.61. The van der Waals surface area contributed by atoms with E-state index in [-0.39, 0.29) is 11.8 Å². The van der Waals surface area contributed by atoms with Gasteiger partial charge in [0.25, 0.3) is 0 Å². The van der Waals surface area contributed by atoms with Crippen LogP contribution in [0.15, 0.2) is 48.7 Å². The number of imidazole rings is 1. The van der Waals surface area contributed by atoms with E-state index in [4.69, 9.17) is 4.98 Å². The molecule has 0 bridgehead atoms. The Kier molecular flexibility index (Phi) is 4.97. The van der Waals surface area contributed by atoms with Gasteiger partial charge in [-0.05, 0) is 30.5 Å². The molecule has 1 unspecified atom stereocenters. The molecule has 4 rings (SSSR count). The summed E-state index contributed by atoms with van der Waals surface area (Å²) in [6.07, 6.45) is 4.41. The summed E-state index contributed by atoms with van der Waals surface area (Å²) in [5.74, 6) is 1.05. The summed E-state index contributed by atoms with van der Waals surface area (Å²) < 4.78 is 29.5. The first-order chi connectivity index (χ1) is 13.1. The van der Waals surface area contributed by atoms with Gasteiger partial charge in [-0.1, -0.05) is 37.3 Å². The lowest BCUT2D eigenvalue weighted by Crippen LogP contribution is -2.30. The largest absolute Gasteiger partial charge is 0.308 e. The van der Waals surface area contributed by atoms with Crippen molar-refractivity contribution in [2.75, 3.05) is 13.1 Å². The summed E-state index contributed by atoms with van der Waals surface area (Å²) in [5, 5.41) is 0. The third-order valence-corrected chi connectivity index (χ3v) is 6.89. The molecule has 1 atom stereocenters. The van der Waals surface area contributed by atoms with E-state index in [1.807, 2.05) is 42.5 Å². The molecule has 0 radical (unpaired) electrons. The monoisotopic (exact) mass is 384 g/mol. The zero-order valence-electron chi connectivity index (χ0n) is 15.5. The van der Waals surface area contributed by atoms with Gasteiger partial charge >= 0.3 is 0 Å². The van der Waals surface area contributed by atoms with Crippen LogP contribution in [0.2, 0.25) is 0 Å². The summed E-state index contributed by atoms with van der Waals surface area (Å²) in [5.41, 5.74) is 2.56. The number of hydrogen-bond donors (Lipinski definition) is 0. The highest BCUT2D eigenvalue weighted by molar-refractivity contribution is 7.88. The van der Waals surface area contributed by atoms with Crippen LogP contribution >= 0.6 is 0 Å². The second kappa shape index (κ2) is 7.40. The highest BCUT2D eigenvalue weighted by atomic mass is 32.2. The normalized spacial score (nSPS) is 18.3. The SMILES string of the molecule is CCCc1nc2cccnc2n1C1CCN(S(=O)(=O)Cc2ccccc2)C1. The smallest absolute Gasteiger partial charge is 0.218 e. The molecule has 142 valence electrons. The lowest BCUT2D eigenvalue weighted by molar-refractivity contribution is 0.448. The van der Waals surface area contributed by atoms with E-state index >= 15 is 0 Å². The lowest BCUT2D eigenvalue weighted by Gasteiger charge is -2.18. The average Bonchev–Trinajstić information content (AvgIpc) is 3.27. The zero-order chi connectivity index (χ0) is 18.9. The predicted molar refractivity (Wildman–Crippen MR) is 106 cm³/mol. The number of pyridine rings is 1. The summed E-state index contributed by atoms with van der Waals surface area (Å²) in [7, 11) is -3.34. The number of nitrogens with zero attached hydrogens (tertiary/aromatic N) is 4. The van der Waals surface area contributed by atoms with Crippen molar-refractivity contribution < 1.29 is 8.42 Å². The van der Waals surface area contributed by atoms with Gasteiger partial charge in [0.15, 0.2) is 5.65 Å². The Morgan fingerprint density at radius 2 is 1.96 bits per heavy atom. The Hall–Kier alpha value is -2.25. The van der Waals surface area contributed by atoms with Crippen LogP contribution in [0.1, 0.15) is 37.2 Å². The molecular weight excluding hydrogens is 360 g/mol. The van der Waals surface area contributed by atoms with Gasteiger partial charge in [0.05, 0.1) is 11.8 Å². The molecule has 1 saturated heterocycles. The van der Waals surface area contributed by atoms with E-state index in [0.29, 0.717) is 13.1 Å². The lowest BCUT2D eigenvalue weighted by atomic mass is 10.2. The minimum Gasteiger partial charge on any atom is -0.308 e. The fourth-order valence-corrected chi connectivity index (χ4v) is 5.39. The summed E-state index contributed by atoms with van der Waals surface area (Å²) in [4.78, 5) is 9.25. The number of rotatable bonds is 6. The van der Waals surface area contributed by atoms with Crippen molar-refractivity contribution in [3.8, 4) is 0 Å². The highest BCUT2D eigenvalue weighted by Crippen LogP contribution is 2.30. The molecular formula is C20H24N4O2S. The molecule has 1 aliphatic rings. The van der Waals surface area contributed by atoms with Gasteiger partial charge in [-0.15, -0.1) is 0 Å². The second-order valence-electron chi connectivity index (χ2n) is 7.04. The molecule has 0 saturated carbocycles. The quantitative estimate of drug-likeness (QED) is 0.655. The van der Waals surface area contributed by atoms with E-state index in [1.54, 1.807) is 10.5 Å². The Labute approximate surface area is 159 Å². The van der Waals surface area contributed by atoms with Crippen LogP contribution in [0.3, 0.4) is 0 Å². The molecule has 27 heavy (non-hydrogen) atoms. The van der Waals surface area contributed by atoms with Crippen LogP contribution in [0.25, 0.3) is 11.2 Å². The van der Waals surface area contributed by atoms with Gasteiger partial charge in [-0.25, -0.2) is 18.4 Å². The van der Waals surface area contributed by atoms with Gasteiger partial charge in [0, 0.05) is 25.7 Å². The maximum Gasteiger partial charge on any atom is 0.218 e. The van der Waals surface area contributed by atoms with E-state index in [2.05, 4.69) is 16.5 Å². The van der Waals surface area contributed by atoms with Crippen molar-refractivity contribution in [3.63, 3.8) is 0 Å². The van der Waals surface area contributed by atoms with Gasteiger partial charge in [-0.2, -0.15) is 4.31 Å². The first-order valence-electron chi connectivity index (χ1n) is 9.42. The van der Waals surface area contributed by atoms with Crippen molar-refractivity contribution in [1.29, 1.82) is 0 Å². The Bertz CT molecular complexity index is 1030. The molecule has 1 fully saturated rings. The molecule has 7 heteroatoms. The number of aryl methyl sites for hydroxylation is 1. The molecule has 0 spiro atoms. The minimum absolute atomic E-state index is 0.0469. The van der Waals surface area contributed by atoms with Crippen molar-refractivity contribution in [1.82, 2.24) is 18.8 Å². The maximum atomic E-state index is 12.9. The molecule has 3 aromatic rings. The van der Waals surface area contributed by atoms with E-state index in [0.717, 1.165) is 41.8 Å². The highest BCUT2D eigenvalue weighted by Gasteiger charge is 2.34. The molecule has 0 N–H and O–H groups in total. The van der Waals surface area contributed by atoms with Crippen LogP contribution in [-0.2, 0) is 22.2 Å². The zero-order valence-corrected chi connectivity index (χ0v) is 16.3. The number of sulfonamides is 1. The summed E-state index contributed by atoms with van der Waals surface area (Å²) in [6.45, 7) is 3.15. The van der Waals surface area contributed by atoms with Crippen molar-refractivity contribution in [2.24, 2.45) is 0 Å². The molecule has 2 aromatic heterocycles. The summed E-state index contributed by atoms with van der Waals surface area (Å²) >= 11 is 0. The van der Waals surface area contributed by atoms with E-state index in [9.17, 15) is 8.42 Å². The number of aromatic nitrogens is 3. The number of fused-ring (bicyclic) bond motifs is 1. The number of hydrogen-bond acceptors (Lipinski definition) is 4. The van der Waals surface area contributed by atoms with Gasteiger partial charge in [0.2, 0.25) is 10.0 Å². The minimum atomic E-state index is -3.34. The molecule has 3 heterocycles. The van der Waals surface area contributed by atoms with Crippen LogP contribution in [0.5, 0.6) is 0 Å². The Morgan fingerprint density at radius 1 is 1.15 bits per heavy atom. The van der Waals surface area contributed by atoms with Crippen LogP contribution in [0, 0.1) is 0 Å². The molecule has 0 aliphatic carbocycles. The summed E-state index contributed by atoms with van der Waals surface area (Å²) in [6, 6.07) is 13.3. The van der Waals surface area contributed by atoms with Crippen LogP contribution in [-0.4, -0.2) is 40.3 Å². The predicted octanol–water partition coefficient (Wildman–Crippen LogP) is 3.16. The standard InChI is InChI=1S/C20H24N4O2S/c1-2-7-19-22-18-10-6-12-21-20(18)24(19)17-11-13-23(14-17)27(25,26)15-16-8-4-3-5-9-16/h3-6,8-10,12,17H,2,7,11,13-15H2,1H3. The molecule has 1 aliphatic heterocycles. The average molecular weight is 385 g/mol. The van der Waals surface area contributed by atoms with Gasteiger partial charge < -0.3 is 4.57 Å². The fourth-order valence-electron chi connectivity index (χ4n) is 3.81. The molecule has 1 aromatic carbocycles. The van der Waals surface area contributed by atoms with E-state index < -0.39 is 10.0 Å². The molecule has 6 nitrogen and oxygen atoms in total. The topological polar surface area (TPSA) is 68.1 Å². The van der Waals surface area contributed by atoms with E-state index in [1.165, 1.54) is 0 Å². The Morgan fingerprint density at radius 3 is 2.74 bits per heavy atom. The Balaban J connectivity index is 1.59. The van der Waals surface area contributed by atoms with Crippen molar-refractivity contribution >= 4 is 21.2 Å². The first kappa shape index (κ1) is 18.1. The van der Waals surface area contributed by atoms with Crippen molar-refractivity contribution in [2.45, 2.75) is 38.0 Å². The fraction of sp³-hybridized carbons (Fsp3) is 0.400. The van der Waals surface area contributed by atoms with Crippen LogP contribution in [0.4, 0.5) is 0 Å². The third-order valence-electron chi connectivity index (χ3n) is 5.07. The molecule has 0 amide bonds. The van der Waals surface area contributed by atoms with Crippen LogP contribution < -0.4 is 0 Å². The second-order valence-corrected chi connectivity index (χ2v) is 9.01. The first-order valence-corrected chi connectivity index (χ1v) is 11.0. The van der Waals surface area contributed by atoms with Crippen molar-refractivity contribution in [3.05, 3.63) is 60.0 Å². The van der Waals surface area contributed by atoms with Gasteiger partial charge in [-0.3, -0.25) is 0 Å². The maximum absolute atomic E-state index is 12.9. The van der Waals surface area contributed by atoms with Gasteiger partial charge in [0.1, 0.15) is 11.3 Å².